The summed E-state index contributed by atoms with van der Waals surface area (Å²) in [6, 6.07) is 8.01. The Morgan fingerprint density at radius 1 is 1.29 bits per heavy atom. The molecule has 3 rings (SSSR count). The Morgan fingerprint density at radius 2 is 2.00 bits per heavy atom. The van der Waals surface area contributed by atoms with E-state index in [1.54, 1.807) is 23.5 Å². The Labute approximate surface area is 167 Å². The molecule has 28 heavy (non-hydrogen) atoms. The molecule has 1 aromatic carbocycles. The third kappa shape index (κ3) is 4.08. The highest BCUT2D eigenvalue weighted by Gasteiger charge is 2.27. The van der Waals surface area contributed by atoms with Crippen molar-refractivity contribution in [3.63, 3.8) is 0 Å². The minimum atomic E-state index is -0.224. The van der Waals surface area contributed by atoms with Gasteiger partial charge < -0.3 is 9.88 Å². The van der Waals surface area contributed by atoms with Crippen LogP contribution in [0.25, 0.3) is 5.69 Å². The standard InChI is InChI=1S/C21H24BN5O/c1-5-27-20(18(14(2)3)12-19(22)21(27)28)25-15(4)24-16-6-8-17(9-7-16)26-11-10-23-13-26/h6-13,15,24H,5H2,1-4H3/b25-20+. The molecule has 6 nitrogen and oxygen atoms in total. The minimum absolute atomic E-state index is 0.205. The van der Waals surface area contributed by atoms with Gasteiger partial charge in [0.05, 0.1) is 6.33 Å². The summed E-state index contributed by atoms with van der Waals surface area (Å²) >= 11 is 0. The Bertz CT molecular complexity index is 938. The van der Waals surface area contributed by atoms with Gasteiger partial charge in [-0.15, -0.1) is 0 Å². The maximum absolute atomic E-state index is 12.4. The van der Waals surface area contributed by atoms with Crippen LogP contribution in [0.5, 0.6) is 0 Å². The molecule has 7 heteroatoms. The van der Waals surface area contributed by atoms with Gasteiger partial charge in [0, 0.05) is 35.9 Å². The first kappa shape index (κ1) is 19.7. The number of benzene rings is 1. The Morgan fingerprint density at radius 3 is 2.57 bits per heavy atom. The molecule has 1 aromatic heterocycles. The first-order valence-corrected chi connectivity index (χ1v) is 9.30. The van der Waals surface area contributed by atoms with E-state index in [4.69, 9.17) is 12.8 Å². The molecule has 0 fully saturated rings. The van der Waals surface area contributed by atoms with Gasteiger partial charge in [0.25, 0.3) is 0 Å². The fraction of sp³-hybridized carbons (Fsp3) is 0.286. The highest BCUT2D eigenvalue weighted by atomic mass is 16.2. The van der Waals surface area contributed by atoms with Crippen LogP contribution in [0.3, 0.4) is 0 Å². The number of amidine groups is 1. The van der Waals surface area contributed by atoms with Gasteiger partial charge in [-0.25, -0.2) is 9.98 Å². The number of hydrogen-bond acceptors (Lipinski definition) is 4. The summed E-state index contributed by atoms with van der Waals surface area (Å²) in [5.41, 5.74) is 4.17. The summed E-state index contributed by atoms with van der Waals surface area (Å²) in [6.07, 6.45) is 6.90. The van der Waals surface area contributed by atoms with Crippen molar-refractivity contribution in [1.29, 1.82) is 0 Å². The van der Waals surface area contributed by atoms with Crippen molar-refractivity contribution >= 4 is 25.3 Å². The summed E-state index contributed by atoms with van der Waals surface area (Å²) < 4.78 is 1.94. The molecule has 2 aromatic rings. The van der Waals surface area contributed by atoms with Gasteiger partial charge in [-0.1, -0.05) is 11.6 Å². The highest BCUT2D eigenvalue weighted by Crippen LogP contribution is 2.21. The molecule has 1 atom stereocenters. The molecule has 0 aliphatic carbocycles. The van der Waals surface area contributed by atoms with Gasteiger partial charge in [0.1, 0.15) is 19.8 Å². The van der Waals surface area contributed by atoms with Crippen molar-refractivity contribution in [1.82, 2.24) is 14.5 Å². The van der Waals surface area contributed by atoms with Crippen LogP contribution in [-0.2, 0) is 4.79 Å². The average molecular weight is 373 g/mol. The number of rotatable bonds is 5. The third-order valence-corrected chi connectivity index (χ3v) is 4.50. The van der Waals surface area contributed by atoms with Gasteiger partial charge >= 0.3 is 0 Å². The SMILES string of the molecule is [B]C1=CC(=C(C)C)/C(=N\C(C)Nc2ccc(-n3ccnc3)cc2)N(CC)C1=O. The second kappa shape index (κ2) is 8.29. The van der Waals surface area contributed by atoms with Gasteiger partial charge in [-0.05, 0) is 57.4 Å². The lowest BCUT2D eigenvalue weighted by Crippen LogP contribution is -2.42. The molecule has 2 radical (unpaired) electrons. The van der Waals surface area contributed by atoms with E-state index in [9.17, 15) is 4.79 Å². The van der Waals surface area contributed by atoms with Crippen LogP contribution < -0.4 is 5.32 Å². The van der Waals surface area contributed by atoms with E-state index in [0.29, 0.717) is 12.4 Å². The predicted molar refractivity (Wildman–Crippen MR) is 114 cm³/mol. The number of amides is 1. The number of aliphatic imine (C=N–C) groups is 1. The van der Waals surface area contributed by atoms with Gasteiger partial charge in [0.15, 0.2) is 0 Å². The molecule has 1 aliphatic rings. The number of anilines is 1. The number of nitrogens with one attached hydrogen (secondary N) is 1. The zero-order valence-electron chi connectivity index (χ0n) is 16.7. The maximum atomic E-state index is 12.4. The lowest BCUT2D eigenvalue weighted by molar-refractivity contribution is -0.122. The maximum Gasteiger partial charge on any atom is 0.245 e. The fourth-order valence-electron chi connectivity index (χ4n) is 3.08. The largest absolute Gasteiger partial charge is 0.364 e. The third-order valence-electron chi connectivity index (χ3n) is 4.50. The van der Waals surface area contributed by atoms with Crippen LogP contribution in [-0.4, -0.2) is 46.8 Å². The van der Waals surface area contributed by atoms with Crippen LogP contribution in [0.4, 0.5) is 5.69 Å². The van der Waals surface area contributed by atoms with Gasteiger partial charge in [-0.2, -0.15) is 0 Å². The van der Waals surface area contributed by atoms with E-state index < -0.39 is 0 Å². The second-order valence-corrected chi connectivity index (χ2v) is 6.85. The Hall–Kier alpha value is -3.09. The number of likely N-dealkylation sites (N-methyl/N-ethyl adjacent to an activating group) is 1. The van der Waals surface area contributed by atoms with Crippen molar-refractivity contribution < 1.29 is 4.79 Å². The van der Waals surface area contributed by atoms with Crippen molar-refractivity contribution in [2.75, 3.05) is 11.9 Å². The van der Waals surface area contributed by atoms with E-state index in [-0.39, 0.29) is 17.5 Å². The zero-order valence-corrected chi connectivity index (χ0v) is 16.7. The molecule has 1 N–H and O–H groups in total. The molecule has 2 heterocycles. The van der Waals surface area contributed by atoms with Gasteiger partial charge in [0.2, 0.25) is 5.91 Å². The van der Waals surface area contributed by atoms with Gasteiger partial charge in [-0.3, -0.25) is 9.69 Å². The molecule has 0 saturated carbocycles. The van der Waals surface area contributed by atoms with Crippen molar-refractivity contribution in [2.45, 2.75) is 33.9 Å². The molecule has 0 spiro atoms. The van der Waals surface area contributed by atoms with Crippen LogP contribution in [0, 0.1) is 0 Å². The molecule has 1 amide bonds. The Kier molecular flexibility index (Phi) is 5.83. The zero-order chi connectivity index (χ0) is 20.3. The van der Waals surface area contributed by atoms with Crippen LogP contribution in [0.2, 0.25) is 0 Å². The average Bonchev–Trinajstić information content (AvgIpc) is 3.20. The summed E-state index contributed by atoms with van der Waals surface area (Å²) in [6.45, 7) is 8.37. The lowest BCUT2D eigenvalue weighted by Gasteiger charge is -2.30. The number of aromatic nitrogens is 2. The Balaban J connectivity index is 1.83. The summed E-state index contributed by atoms with van der Waals surface area (Å²) in [5.74, 6) is 0.444. The normalized spacial score (nSPS) is 16.9. The van der Waals surface area contributed by atoms with E-state index in [2.05, 4.69) is 10.3 Å². The number of nitrogens with zero attached hydrogens (tertiary/aromatic N) is 4. The van der Waals surface area contributed by atoms with Crippen molar-refractivity contribution in [3.8, 4) is 5.69 Å². The summed E-state index contributed by atoms with van der Waals surface area (Å²) in [5, 5.41) is 3.37. The molecule has 142 valence electrons. The summed E-state index contributed by atoms with van der Waals surface area (Å²) in [4.78, 5) is 22.9. The number of carbonyl (C=O) groups is 1. The first-order chi connectivity index (χ1) is 13.4. The quantitative estimate of drug-likeness (QED) is 0.819. The smallest absolute Gasteiger partial charge is 0.245 e. The predicted octanol–water partition coefficient (Wildman–Crippen LogP) is 3.28. The molecular weight excluding hydrogens is 349 g/mol. The van der Waals surface area contributed by atoms with Crippen LogP contribution >= 0.6 is 0 Å². The van der Waals surface area contributed by atoms with E-state index >= 15 is 0 Å². The topological polar surface area (TPSA) is 62.5 Å². The molecule has 0 bridgehead atoms. The monoisotopic (exact) mass is 373 g/mol. The number of hydrogen-bond donors (Lipinski definition) is 1. The lowest BCUT2D eigenvalue weighted by atomic mass is 9.87. The number of carbonyl (C=O) groups excluding carboxylic acids is 1. The van der Waals surface area contributed by atoms with E-state index in [1.165, 1.54) is 0 Å². The summed E-state index contributed by atoms with van der Waals surface area (Å²) in [7, 11) is 5.90. The number of imidazole rings is 1. The molecule has 1 unspecified atom stereocenters. The van der Waals surface area contributed by atoms with Crippen molar-refractivity contribution in [2.24, 2.45) is 4.99 Å². The first-order valence-electron chi connectivity index (χ1n) is 9.30. The van der Waals surface area contributed by atoms with Crippen LogP contribution in [0.15, 0.2) is 70.7 Å². The molecule has 1 aliphatic heterocycles. The fourth-order valence-corrected chi connectivity index (χ4v) is 3.08. The number of allylic oxidation sites excluding steroid dienone is 1. The molecule has 0 saturated heterocycles. The van der Waals surface area contributed by atoms with E-state index in [1.807, 2.05) is 62.7 Å². The second-order valence-electron chi connectivity index (χ2n) is 6.85. The highest BCUT2D eigenvalue weighted by molar-refractivity contribution is 6.40. The van der Waals surface area contributed by atoms with E-state index in [0.717, 1.165) is 22.5 Å². The van der Waals surface area contributed by atoms with Crippen LogP contribution in [0.1, 0.15) is 27.7 Å². The molecular formula is C21H24BN5O. The van der Waals surface area contributed by atoms with Crippen molar-refractivity contribution in [3.05, 3.63) is 65.7 Å². The minimum Gasteiger partial charge on any atom is -0.364 e.